The Labute approximate surface area is 96.4 Å². The molecule has 2 N–H and O–H groups in total. The van der Waals surface area contributed by atoms with Crippen LogP contribution in [-0.2, 0) is 6.54 Å². The smallest absolute Gasteiger partial charge is 0.148 e. The molecule has 0 aromatic heterocycles. The zero-order valence-corrected chi connectivity index (χ0v) is 9.44. The minimum Gasteiger partial charge on any atom is -0.481 e. The predicted molar refractivity (Wildman–Crippen MR) is 64.2 cm³/mol. The highest BCUT2D eigenvalue weighted by molar-refractivity contribution is 5.33. The molecule has 0 radical (unpaired) electrons. The summed E-state index contributed by atoms with van der Waals surface area (Å²) < 4.78 is 5.41. The second-order valence-electron chi connectivity index (χ2n) is 3.57. The van der Waals surface area contributed by atoms with E-state index in [0.717, 1.165) is 11.3 Å². The maximum atomic E-state index is 8.90. The summed E-state index contributed by atoms with van der Waals surface area (Å²) in [6.07, 6.45) is 5.15. The molecule has 0 spiro atoms. The van der Waals surface area contributed by atoms with E-state index in [1.165, 1.54) is 0 Å². The molecule has 0 unspecified atom stereocenters. The molecular formula is C13H17NO2. The largest absolute Gasteiger partial charge is 0.481 e. The van der Waals surface area contributed by atoms with Gasteiger partial charge >= 0.3 is 0 Å². The van der Waals surface area contributed by atoms with Crippen LogP contribution in [0.1, 0.15) is 12.5 Å². The Hall–Kier alpha value is -1.50. The van der Waals surface area contributed by atoms with Crippen molar-refractivity contribution in [2.75, 3.05) is 13.2 Å². The van der Waals surface area contributed by atoms with Crippen LogP contribution in [-0.4, -0.2) is 24.4 Å². The van der Waals surface area contributed by atoms with Crippen molar-refractivity contribution >= 4 is 0 Å². The van der Waals surface area contributed by atoms with Crippen LogP contribution in [0.4, 0.5) is 0 Å². The van der Waals surface area contributed by atoms with Gasteiger partial charge < -0.3 is 15.2 Å². The van der Waals surface area contributed by atoms with Gasteiger partial charge in [0, 0.05) is 18.2 Å². The van der Waals surface area contributed by atoms with Crippen molar-refractivity contribution in [1.82, 2.24) is 5.32 Å². The van der Waals surface area contributed by atoms with E-state index in [-0.39, 0.29) is 19.3 Å². The third-order valence-corrected chi connectivity index (χ3v) is 2.20. The van der Waals surface area contributed by atoms with Crippen LogP contribution < -0.4 is 10.1 Å². The molecule has 0 aliphatic rings. The predicted octanol–water partition coefficient (Wildman–Crippen LogP) is 1.17. The molecule has 0 aliphatic carbocycles. The molecule has 1 aromatic carbocycles. The van der Waals surface area contributed by atoms with Crippen LogP contribution in [0, 0.1) is 12.3 Å². The number of benzene rings is 1. The third-order valence-electron chi connectivity index (χ3n) is 2.20. The number of hydrogen-bond acceptors (Lipinski definition) is 3. The number of nitrogens with one attached hydrogen (secondary N) is 1. The molecule has 86 valence electrons. The number of hydrogen-bond donors (Lipinski definition) is 2. The quantitative estimate of drug-likeness (QED) is 0.706. The molecule has 0 saturated carbocycles. The van der Waals surface area contributed by atoms with Crippen LogP contribution in [0.15, 0.2) is 24.3 Å². The first kappa shape index (κ1) is 12.6. The molecular weight excluding hydrogens is 202 g/mol. The number of terminal acetylenes is 1. The summed E-state index contributed by atoms with van der Waals surface area (Å²) in [6.45, 7) is 2.97. The Balaban J connectivity index is 2.60. The first-order valence-electron chi connectivity index (χ1n) is 5.26. The summed E-state index contributed by atoms with van der Waals surface area (Å²) in [7, 11) is 0. The monoisotopic (exact) mass is 219 g/mol. The van der Waals surface area contributed by atoms with Gasteiger partial charge in [-0.25, -0.2) is 0 Å². The van der Waals surface area contributed by atoms with E-state index in [0.29, 0.717) is 6.54 Å². The summed E-state index contributed by atoms with van der Waals surface area (Å²) in [6, 6.07) is 7.79. The summed E-state index contributed by atoms with van der Waals surface area (Å²) in [5.41, 5.74) is 1.04. The van der Waals surface area contributed by atoms with Crippen molar-refractivity contribution in [3.8, 4) is 18.1 Å². The first-order valence-corrected chi connectivity index (χ1v) is 5.26. The lowest BCUT2D eigenvalue weighted by Gasteiger charge is -2.13. The third kappa shape index (κ3) is 3.93. The number of para-hydroxylation sites is 1. The number of aliphatic hydroxyl groups excluding tert-OH is 1. The van der Waals surface area contributed by atoms with Gasteiger partial charge in [0.2, 0.25) is 0 Å². The highest BCUT2D eigenvalue weighted by Crippen LogP contribution is 2.17. The zero-order valence-electron chi connectivity index (χ0n) is 9.44. The summed E-state index contributed by atoms with van der Waals surface area (Å²) >= 11 is 0. The van der Waals surface area contributed by atoms with Crippen LogP contribution >= 0.6 is 0 Å². The van der Waals surface area contributed by atoms with E-state index in [1.54, 1.807) is 0 Å². The minimum atomic E-state index is 0.0701. The molecule has 0 amide bonds. The molecule has 3 nitrogen and oxygen atoms in total. The maximum absolute atomic E-state index is 8.90. The van der Waals surface area contributed by atoms with Crippen LogP contribution in [0.2, 0.25) is 0 Å². The molecule has 3 heteroatoms. The molecule has 0 fully saturated rings. The topological polar surface area (TPSA) is 41.5 Å². The Kier molecular flexibility index (Phi) is 5.41. The normalized spacial score (nSPS) is 11.8. The van der Waals surface area contributed by atoms with E-state index in [4.69, 9.17) is 16.3 Å². The Morgan fingerprint density at radius 1 is 1.50 bits per heavy atom. The highest BCUT2D eigenvalue weighted by Gasteiger charge is 2.04. The number of ether oxygens (including phenoxy) is 1. The van der Waals surface area contributed by atoms with Crippen LogP contribution in [0.25, 0.3) is 0 Å². The van der Waals surface area contributed by atoms with E-state index in [1.807, 2.05) is 31.2 Å². The highest BCUT2D eigenvalue weighted by atomic mass is 16.5. The lowest BCUT2D eigenvalue weighted by molar-refractivity contribution is 0.250. The fraction of sp³-hybridized carbons (Fsp3) is 0.385. The van der Waals surface area contributed by atoms with Gasteiger partial charge in [-0.2, -0.15) is 0 Å². The van der Waals surface area contributed by atoms with Crippen molar-refractivity contribution in [3.05, 3.63) is 29.8 Å². The fourth-order valence-electron chi connectivity index (χ4n) is 1.26. The SMILES string of the molecule is C#CCOc1ccccc1CN[C@@H](C)CO. The molecule has 16 heavy (non-hydrogen) atoms. The molecule has 0 aliphatic heterocycles. The lowest BCUT2D eigenvalue weighted by Crippen LogP contribution is -2.28. The second kappa shape index (κ2) is 6.89. The number of rotatable bonds is 6. The van der Waals surface area contributed by atoms with Crippen molar-refractivity contribution in [1.29, 1.82) is 0 Å². The van der Waals surface area contributed by atoms with Gasteiger partial charge in [-0.05, 0) is 13.0 Å². The van der Waals surface area contributed by atoms with E-state index >= 15 is 0 Å². The molecule has 0 saturated heterocycles. The van der Waals surface area contributed by atoms with Crippen LogP contribution in [0.5, 0.6) is 5.75 Å². The minimum absolute atomic E-state index is 0.0701. The summed E-state index contributed by atoms with van der Waals surface area (Å²) in [5.74, 6) is 3.23. The van der Waals surface area contributed by atoms with Crippen molar-refractivity contribution in [2.45, 2.75) is 19.5 Å². The lowest BCUT2D eigenvalue weighted by atomic mass is 10.2. The van der Waals surface area contributed by atoms with Gasteiger partial charge in [0.05, 0.1) is 6.61 Å². The molecule has 1 rings (SSSR count). The molecule has 1 atom stereocenters. The fourth-order valence-corrected chi connectivity index (χ4v) is 1.26. The van der Waals surface area contributed by atoms with Gasteiger partial charge in [0.1, 0.15) is 12.4 Å². The average Bonchev–Trinajstić information content (AvgIpc) is 2.34. The molecule has 0 heterocycles. The van der Waals surface area contributed by atoms with Gasteiger partial charge in [-0.15, -0.1) is 6.42 Å². The van der Waals surface area contributed by atoms with E-state index in [9.17, 15) is 0 Å². The van der Waals surface area contributed by atoms with E-state index < -0.39 is 0 Å². The van der Waals surface area contributed by atoms with Crippen molar-refractivity contribution in [3.63, 3.8) is 0 Å². The molecule has 0 bridgehead atoms. The summed E-state index contributed by atoms with van der Waals surface area (Å²) in [4.78, 5) is 0. The zero-order chi connectivity index (χ0) is 11.8. The Morgan fingerprint density at radius 2 is 2.25 bits per heavy atom. The summed E-state index contributed by atoms with van der Waals surface area (Å²) in [5, 5.41) is 12.1. The van der Waals surface area contributed by atoms with Gasteiger partial charge in [-0.3, -0.25) is 0 Å². The maximum Gasteiger partial charge on any atom is 0.148 e. The standard InChI is InChI=1S/C13H17NO2/c1-3-8-16-13-7-5-4-6-12(13)9-14-11(2)10-15/h1,4-7,11,14-15H,8-10H2,2H3/t11-/m0/s1. The van der Waals surface area contributed by atoms with Gasteiger partial charge in [-0.1, -0.05) is 24.1 Å². The van der Waals surface area contributed by atoms with Crippen molar-refractivity contribution < 1.29 is 9.84 Å². The molecule has 1 aromatic rings. The van der Waals surface area contributed by atoms with Crippen molar-refractivity contribution in [2.24, 2.45) is 0 Å². The van der Waals surface area contributed by atoms with Gasteiger partial charge in [0.25, 0.3) is 0 Å². The average molecular weight is 219 g/mol. The van der Waals surface area contributed by atoms with Crippen LogP contribution in [0.3, 0.4) is 0 Å². The second-order valence-corrected chi connectivity index (χ2v) is 3.57. The Morgan fingerprint density at radius 3 is 2.94 bits per heavy atom. The first-order chi connectivity index (χ1) is 7.77. The Bertz CT molecular complexity index is 357. The number of aliphatic hydroxyl groups is 1. The van der Waals surface area contributed by atoms with Gasteiger partial charge in [0.15, 0.2) is 0 Å². The van der Waals surface area contributed by atoms with E-state index in [2.05, 4.69) is 11.2 Å².